The van der Waals surface area contributed by atoms with Crippen LogP contribution in [0.3, 0.4) is 0 Å². The molecule has 2 aliphatic rings. The van der Waals surface area contributed by atoms with Crippen LogP contribution in [0.5, 0.6) is 0 Å². The van der Waals surface area contributed by atoms with Crippen molar-refractivity contribution in [1.29, 1.82) is 0 Å². The zero-order valence-corrected chi connectivity index (χ0v) is 11.6. The van der Waals surface area contributed by atoms with Gasteiger partial charge in [-0.2, -0.15) is 0 Å². The van der Waals surface area contributed by atoms with Crippen LogP contribution in [0, 0.1) is 11.8 Å². The number of hydrogen-bond donors (Lipinski definition) is 1. The van der Waals surface area contributed by atoms with E-state index in [1.807, 2.05) is 0 Å². The van der Waals surface area contributed by atoms with Crippen molar-refractivity contribution in [2.24, 2.45) is 11.8 Å². The Morgan fingerprint density at radius 1 is 0.947 bits per heavy atom. The summed E-state index contributed by atoms with van der Waals surface area (Å²) in [5, 5.41) is 6.17. The Balaban J connectivity index is 0.00000110. The highest BCUT2D eigenvalue weighted by Gasteiger charge is 2.31. The standard InChI is InChI=1S/C17H17N.ClH/c1-2-4-13-7-14(6-5-12(13)3-1)15-8-16-10-18-11-17(16)9-15;/h1-8,16-18H,9-11H2;1H. The SMILES string of the molecule is C1=C(c2ccc3ccccc3c2)CC2CNCC12.Cl. The molecule has 1 fully saturated rings. The molecule has 98 valence electrons. The minimum absolute atomic E-state index is 0. The van der Waals surface area contributed by atoms with Crippen LogP contribution >= 0.6 is 12.4 Å². The molecule has 1 N–H and O–H groups in total. The summed E-state index contributed by atoms with van der Waals surface area (Å²) in [7, 11) is 0. The van der Waals surface area contributed by atoms with Gasteiger partial charge in [-0.05, 0) is 52.8 Å². The fourth-order valence-electron chi connectivity index (χ4n) is 3.38. The van der Waals surface area contributed by atoms with Crippen LogP contribution in [0.25, 0.3) is 16.3 Å². The molecule has 2 aromatic rings. The van der Waals surface area contributed by atoms with Crippen LogP contribution in [0.4, 0.5) is 0 Å². The highest BCUT2D eigenvalue weighted by atomic mass is 35.5. The molecule has 1 heterocycles. The van der Waals surface area contributed by atoms with Gasteiger partial charge in [0.15, 0.2) is 0 Å². The molecule has 1 aliphatic heterocycles. The number of hydrogen-bond acceptors (Lipinski definition) is 1. The molecule has 4 rings (SSSR count). The molecule has 0 spiro atoms. The number of allylic oxidation sites excluding steroid dienone is 1. The topological polar surface area (TPSA) is 12.0 Å². The summed E-state index contributed by atoms with van der Waals surface area (Å²) in [6.07, 6.45) is 3.74. The molecule has 0 amide bonds. The first-order valence-electron chi connectivity index (χ1n) is 6.81. The van der Waals surface area contributed by atoms with Crippen molar-refractivity contribution in [3.8, 4) is 0 Å². The molecule has 2 unspecified atom stereocenters. The highest BCUT2D eigenvalue weighted by molar-refractivity contribution is 5.86. The smallest absolute Gasteiger partial charge is 0.00178 e. The third-order valence-electron chi connectivity index (χ3n) is 4.41. The van der Waals surface area contributed by atoms with Crippen molar-refractivity contribution in [2.45, 2.75) is 6.42 Å². The quantitative estimate of drug-likeness (QED) is 0.830. The van der Waals surface area contributed by atoms with Crippen LogP contribution < -0.4 is 5.32 Å². The van der Waals surface area contributed by atoms with Gasteiger partial charge in [0.25, 0.3) is 0 Å². The molecule has 1 aliphatic carbocycles. The van der Waals surface area contributed by atoms with E-state index in [0.29, 0.717) is 0 Å². The second kappa shape index (κ2) is 4.99. The predicted molar refractivity (Wildman–Crippen MR) is 83.6 cm³/mol. The first-order valence-corrected chi connectivity index (χ1v) is 6.81. The summed E-state index contributed by atoms with van der Waals surface area (Å²) in [5.74, 6) is 1.61. The van der Waals surface area contributed by atoms with Crippen LogP contribution in [0.15, 0.2) is 48.5 Å². The third-order valence-corrected chi connectivity index (χ3v) is 4.41. The molecule has 2 aromatic carbocycles. The van der Waals surface area contributed by atoms with Gasteiger partial charge in [-0.1, -0.05) is 42.5 Å². The molecule has 1 saturated heterocycles. The lowest BCUT2D eigenvalue weighted by Gasteiger charge is -2.07. The van der Waals surface area contributed by atoms with E-state index in [0.717, 1.165) is 11.8 Å². The van der Waals surface area contributed by atoms with Gasteiger partial charge in [-0.25, -0.2) is 0 Å². The lowest BCUT2D eigenvalue weighted by atomic mass is 9.97. The van der Waals surface area contributed by atoms with E-state index in [-0.39, 0.29) is 12.4 Å². The molecular weight excluding hydrogens is 254 g/mol. The summed E-state index contributed by atoms with van der Waals surface area (Å²) >= 11 is 0. The van der Waals surface area contributed by atoms with Crippen LogP contribution in [-0.2, 0) is 0 Å². The molecule has 2 heteroatoms. The van der Waals surface area contributed by atoms with E-state index < -0.39 is 0 Å². The normalized spacial score (nSPS) is 24.9. The number of fused-ring (bicyclic) bond motifs is 2. The van der Waals surface area contributed by atoms with Crippen LogP contribution in [-0.4, -0.2) is 13.1 Å². The fourth-order valence-corrected chi connectivity index (χ4v) is 3.38. The lowest BCUT2D eigenvalue weighted by molar-refractivity contribution is 0.536. The van der Waals surface area contributed by atoms with Gasteiger partial charge in [0.2, 0.25) is 0 Å². The molecule has 1 nitrogen and oxygen atoms in total. The Bertz CT molecular complexity index is 632. The molecule has 0 aromatic heterocycles. The Labute approximate surface area is 120 Å². The molecule has 19 heavy (non-hydrogen) atoms. The summed E-state index contributed by atoms with van der Waals surface area (Å²) in [4.78, 5) is 0. The highest BCUT2D eigenvalue weighted by Crippen LogP contribution is 2.38. The Morgan fingerprint density at radius 2 is 1.79 bits per heavy atom. The Hall–Kier alpha value is -1.31. The molecular formula is C17H18ClN. The monoisotopic (exact) mass is 271 g/mol. The van der Waals surface area contributed by atoms with Gasteiger partial charge in [-0.15, -0.1) is 12.4 Å². The van der Waals surface area contributed by atoms with Gasteiger partial charge in [0.05, 0.1) is 0 Å². The maximum absolute atomic E-state index is 3.48. The number of halogens is 1. The fraction of sp³-hybridized carbons (Fsp3) is 0.294. The number of nitrogens with one attached hydrogen (secondary N) is 1. The van der Waals surface area contributed by atoms with Gasteiger partial charge >= 0.3 is 0 Å². The zero-order chi connectivity index (χ0) is 11.9. The zero-order valence-electron chi connectivity index (χ0n) is 10.8. The largest absolute Gasteiger partial charge is 0.316 e. The van der Waals surface area contributed by atoms with Crippen molar-refractivity contribution in [3.05, 3.63) is 54.1 Å². The molecule has 2 atom stereocenters. The van der Waals surface area contributed by atoms with E-state index in [4.69, 9.17) is 0 Å². The van der Waals surface area contributed by atoms with E-state index in [9.17, 15) is 0 Å². The Kier molecular flexibility index (Phi) is 3.34. The van der Waals surface area contributed by atoms with Crippen molar-refractivity contribution in [2.75, 3.05) is 13.1 Å². The maximum Gasteiger partial charge on any atom is 0.00178 e. The van der Waals surface area contributed by atoms with Gasteiger partial charge in [-0.3, -0.25) is 0 Å². The first kappa shape index (κ1) is 12.7. The van der Waals surface area contributed by atoms with Crippen LogP contribution in [0.1, 0.15) is 12.0 Å². The van der Waals surface area contributed by atoms with E-state index in [1.165, 1.54) is 35.8 Å². The van der Waals surface area contributed by atoms with Crippen molar-refractivity contribution in [1.82, 2.24) is 5.32 Å². The number of benzene rings is 2. The predicted octanol–water partition coefficient (Wildman–Crippen LogP) is 3.88. The average Bonchev–Trinajstić information content (AvgIpc) is 2.99. The summed E-state index contributed by atoms with van der Waals surface area (Å²) in [6.45, 7) is 2.36. The maximum atomic E-state index is 3.48. The molecule has 0 saturated carbocycles. The van der Waals surface area contributed by atoms with E-state index in [1.54, 1.807) is 5.57 Å². The molecule has 0 radical (unpaired) electrons. The van der Waals surface area contributed by atoms with Gasteiger partial charge in [0.1, 0.15) is 0 Å². The van der Waals surface area contributed by atoms with Crippen molar-refractivity contribution < 1.29 is 0 Å². The molecule has 0 bridgehead atoms. The van der Waals surface area contributed by atoms with Crippen LogP contribution in [0.2, 0.25) is 0 Å². The second-order valence-electron chi connectivity index (χ2n) is 5.54. The first-order chi connectivity index (χ1) is 8.90. The summed E-state index contributed by atoms with van der Waals surface area (Å²) in [5.41, 5.74) is 2.97. The second-order valence-corrected chi connectivity index (χ2v) is 5.54. The lowest BCUT2D eigenvalue weighted by Crippen LogP contribution is -2.09. The minimum Gasteiger partial charge on any atom is -0.316 e. The van der Waals surface area contributed by atoms with Crippen molar-refractivity contribution in [3.63, 3.8) is 0 Å². The average molecular weight is 272 g/mol. The number of rotatable bonds is 1. The van der Waals surface area contributed by atoms with Gasteiger partial charge < -0.3 is 5.32 Å². The summed E-state index contributed by atoms with van der Waals surface area (Å²) in [6, 6.07) is 15.5. The third kappa shape index (κ3) is 2.18. The Morgan fingerprint density at radius 3 is 2.63 bits per heavy atom. The van der Waals surface area contributed by atoms with Crippen molar-refractivity contribution >= 4 is 28.8 Å². The minimum atomic E-state index is 0. The van der Waals surface area contributed by atoms with E-state index >= 15 is 0 Å². The van der Waals surface area contributed by atoms with E-state index in [2.05, 4.69) is 53.9 Å². The van der Waals surface area contributed by atoms with Gasteiger partial charge in [0, 0.05) is 6.54 Å². The summed E-state index contributed by atoms with van der Waals surface area (Å²) < 4.78 is 0.